The Morgan fingerprint density at radius 1 is 1.05 bits per heavy atom. The van der Waals surface area contributed by atoms with E-state index in [1.165, 1.54) is 10.4 Å². The van der Waals surface area contributed by atoms with Crippen LogP contribution in [0.1, 0.15) is 18.9 Å². The van der Waals surface area contributed by atoms with Crippen LogP contribution in [0.5, 0.6) is 5.75 Å². The zero-order valence-corrected chi connectivity index (χ0v) is 10.7. The Morgan fingerprint density at radius 2 is 1.74 bits per heavy atom. The van der Waals surface area contributed by atoms with E-state index in [4.69, 9.17) is 0 Å². The number of benzene rings is 2. The predicted molar refractivity (Wildman–Crippen MR) is 74.5 cm³/mol. The van der Waals surface area contributed by atoms with Gasteiger partial charge in [0.25, 0.3) is 0 Å². The molecule has 0 radical (unpaired) electrons. The highest BCUT2D eigenvalue weighted by atomic mass is 16.3. The number of aromatic nitrogens is 3. The summed E-state index contributed by atoms with van der Waals surface area (Å²) in [6.07, 6.45) is 2.05. The molecule has 96 valence electrons. The molecule has 4 heteroatoms. The molecule has 3 aromatic rings. The molecule has 0 atom stereocenters. The largest absolute Gasteiger partial charge is 0.506 e. The van der Waals surface area contributed by atoms with E-state index in [-0.39, 0.29) is 5.75 Å². The molecule has 0 saturated carbocycles. The Balaban J connectivity index is 2.11. The van der Waals surface area contributed by atoms with Gasteiger partial charge in [0.15, 0.2) is 0 Å². The molecule has 0 spiro atoms. The van der Waals surface area contributed by atoms with Gasteiger partial charge in [-0.2, -0.15) is 0 Å². The van der Waals surface area contributed by atoms with Crippen LogP contribution in [-0.2, 0) is 6.42 Å². The Kier molecular flexibility index (Phi) is 2.91. The van der Waals surface area contributed by atoms with E-state index in [0.717, 1.165) is 23.9 Å². The number of rotatable bonds is 3. The number of fused-ring (bicyclic) bond motifs is 1. The van der Waals surface area contributed by atoms with Crippen molar-refractivity contribution in [1.29, 1.82) is 0 Å². The van der Waals surface area contributed by atoms with E-state index in [0.29, 0.717) is 5.69 Å². The lowest BCUT2D eigenvalue weighted by Crippen LogP contribution is -2.00. The monoisotopic (exact) mass is 253 g/mol. The van der Waals surface area contributed by atoms with Gasteiger partial charge in [-0.05, 0) is 36.2 Å². The van der Waals surface area contributed by atoms with Crippen molar-refractivity contribution in [3.8, 4) is 11.4 Å². The van der Waals surface area contributed by atoms with E-state index >= 15 is 0 Å². The van der Waals surface area contributed by atoms with Crippen molar-refractivity contribution in [3.05, 3.63) is 48.0 Å². The molecule has 0 aliphatic rings. The molecular weight excluding hydrogens is 238 g/mol. The van der Waals surface area contributed by atoms with Gasteiger partial charge < -0.3 is 5.11 Å². The zero-order chi connectivity index (χ0) is 13.2. The Hall–Kier alpha value is -2.36. The van der Waals surface area contributed by atoms with Crippen LogP contribution < -0.4 is 0 Å². The third kappa shape index (κ3) is 2.17. The molecule has 0 aliphatic heterocycles. The highest BCUT2D eigenvalue weighted by Crippen LogP contribution is 2.23. The van der Waals surface area contributed by atoms with E-state index in [1.54, 1.807) is 6.07 Å². The van der Waals surface area contributed by atoms with Crippen LogP contribution in [-0.4, -0.2) is 20.1 Å². The van der Waals surface area contributed by atoms with Crippen LogP contribution in [0.15, 0.2) is 42.5 Å². The molecule has 1 N–H and O–H groups in total. The average Bonchev–Trinajstić information content (AvgIpc) is 2.85. The first-order chi connectivity index (χ1) is 9.28. The molecule has 1 aromatic heterocycles. The van der Waals surface area contributed by atoms with Crippen LogP contribution in [0.3, 0.4) is 0 Å². The van der Waals surface area contributed by atoms with Crippen molar-refractivity contribution in [1.82, 2.24) is 15.0 Å². The molecule has 0 saturated heterocycles. The number of nitrogens with zero attached hydrogens (tertiary/aromatic N) is 3. The minimum atomic E-state index is 0.195. The van der Waals surface area contributed by atoms with Gasteiger partial charge in [0.05, 0.1) is 0 Å². The highest BCUT2D eigenvalue weighted by Gasteiger charge is 2.09. The van der Waals surface area contributed by atoms with Crippen LogP contribution in [0, 0.1) is 0 Å². The van der Waals surface area contributed by atoms with E-state index < -0.39 is 0 Å². The van der Waals surface area contributed by atoms with Gasteiger partial charge in [0, 0.05) is 0 Å². The summed E-state index contributed by atoms with van der Waals surface area (Å²) in [6.45, 7) is 2.13. The Morgan fingerprint density at radius 3 is 2.37 bits per heavy atom. The lowest BCUT2D eigenvalue weighted by Gasteiger charge is -2.05. The standard InChI is InChI=1S/C15H15N3O/c1-2-5-11-8-9-15(19)14(10-11)18-16-12-6-3-4-7-13(12)17-18/h3-4,6-10,19H,2,5H2,1H3. The third-order valence-corrected chi connectivity index (χ3v) is 3.08. The fraction of sp³-hybridized carbons (Fsp3) is 0.200. The summed E-state index contributed by atoms with van der Waals surface area (Å²) in [5.74, 6) is 0.195. The van der Waals surface area contributed by atoms with Crippen molar-refractivity contribution in [2.24, 2.45) is 0 Å². The normalized spacial score (nSPS) is 11.0. The second-order valence-electron chi connectivity index (χ2n) is 4.55. The number of aromatic hydroxyl groups is 1. The number of phenolic OH excluding ortho intramolecular Hbond substituents is 1. The molecule has 19 heavy (non-hydrogen) atoms. The highest BCUT2D eigenvalue weighted by molar-refractivity contribution is 5.73. The molecular formula is C15H15N3O. The van der Waals surface area contributed by atoms with Crippen molar-refractivity contribution in [3.63, 3.8) is 0 Å². The summed E-state index contributed by atoms with van der Waals surface area (Å²) in [5.41, 5.74) is 3.45. The summed E-state index contributed by atoms with van der Waals surface area (Å²) in [4.78, 5) is 1.50. The fourth-order valence-corrected chi connectivity index (χ4v) is 2.14. The van der Waals surface area contributed by atoms with Gasteiger partial charge in [-0.15, -0.1) is 15.0 Å². The summed E-state index contributed by atoms with van der Waals surface area (Å²) < 4.78 is 0. The average molecular weight is 253 g/mol. The molecule has 4 nitrogen and oxygen atoms in total. The lowest BCUT2D eigenvalue weighted by molar-refractivity contribution is 0.467. The molecule has 0 aliphatic carbocycles. The lowest BCUT2D eigenvalue weighted by atomic mass is 10.1. The summed E-state index contributed by atoms with van der Waals surface area (Å²) in [5, 5.41) is 18.8. The van der Waals surface area contributed by atoms with Crippen LogP contribution in [0.25, 0.3) is 16.7 Å². The SMILES string of the molecule is CCCc1ccc(O)c(-n2nc3ccccc3n2)c1. The van der Waals surface area contributed by atoms with Gasteiger partial charge in [-0.25, -0.2) is 0 Å². The van der Waals surface area contributed by atoms with Gasteiger partial charge in [0.2, 0.25) is 0 Å². The topological polar surface area (TPSA) is 50.9 Å². The number of phenols is 1. The van der Waals surface area contributed by atoms with Gasteiger partial charge in [0.1, 0.15) is 22.5 Å². The maximum atomic E-state index is 9.98. The molecule has 3 rings (SSSR count). The predicted octanol–water partition coefficient (Wildman–Crippen LogP) is 3.08. The minimum absolute atomic E-state index is 0.195. The van der Waals surface area contributed by atoms with Crippen LogP contribution in [0.2, 0.25) is 0 Å². The van der Waals surface area contributed by atoms with E-state index in [9.17, 15) is 5.11 Å². The first-order valence-electron chi connectivity index (χ1n) is 6.42. The van der Waals surface area contributed by atoms with Crippen molar-refractivity contribution < 1.29 is 5.11 Å². The second-order valence-corrected chi connectivity index (χ2v) is 4.55. The third-order valence-electron chi connectivity index (χ3n) is 3.08. The second kappa shape index (κ2) is 4.72. The number of hydrogen-bond donors (Lipinski definition) is 1. The van der Waals surface area contributed by atoms with Crippen LogP contribution >= 0.6 is 0 Å². The quantitative estimate of drug-likeness (QED) is 0.780. The molecule has 0 amide bonds. The van der Waals surface area contributed by atoms with Gasteiger partial charge in [-0.1, -0.05) is 31.5 Å². The first kappa shape index (κ1) is 11.7. The summed E-state index contributed by atoms with van der Waals surface area (Å²) in [7, 11) is 0. The summed E-state index contributed by atoms with van der Waals surface area (Å²) >= 11 is 0. The van der Waals surface area contributed by atoms with Crippen molar-refractivity contribution in [2.45, 2.75) is 19.8 Å². The molecule has 1 heterocycles. The molecule has 0 bridgehead atoms. The van der Waals surface area contributed by atoms with E-state index in [1.807, 2.05) is 36.4 Å². The van der Waals surface area contributed by atoms with Gasteiger partial charge in [-0.3, -0.25) is 0 Å². The van der Waals surface area contributed by atoms with Crippen LogP contribution in [0.4, 0.5) is 0 Å². The van der Waals surface area contributed by atoms with E-state index in [2.05, 4.69) is 17.1 Å². The summed E-state index contributed by atoms with van der Waals surface area (Å²) in [6, 6.07) is 13.2. The Bertz CT molecular complexity index is 685. The van der Waals surface area contributed by atoms with Gasteiger partial charge >= 0.3 is 0 Å². The Labute approximate surface area is 111 Å². The minimum Gasteiger partial charge on any atom is -0.506 e. The molecule has 0 unspecified atom stereocenters. The molecule has 2 aromatic carbocycles. The molecule has 0 fully saturated rings. The maximum absolute atomic E-state index is 9.98. The van der Waals surface area contributed by atoms with Crippen molar-refractivity contribution in [2.75, 3.05) is 0 Å². The first-order valence-corrected chi connectivity index (χ1v) is 6.42. The van der Waals surface area contributed by atoms with Crippen molar-refractivity contribution >= 4 is 11.0 Å². The zero-order valence-electron chi connectivity index (χ0n) is 10.7. The smallest absolute Gasteiger partial charge is 0.143 e. The maximum Gasteiger partial charge on any atom is 0.143 e. The number of aryl methyl sites for hydroxylation is 1. The number of hydrogen-bond acceptors (Lipinski definition) is 3. The fourth-order valence-electron chi connectivity index (χ4n) is 2.14.